The summed E-state index contributed by atoms with van der Waals surface area (Å²) in [4.78, 5) is 11.4. The number of anilines is 1. The second-order valence-electron chi connectivity index (χ2n) is 5.54. The molecule has 1 aromatic rings. The van der Waals surface area contributed by atoms with Crippen LogP contribution in [0.3, 0.4) is 0 Å². The van der Waals surface area contributed by atoms with Gasteiger partial charge >= 0.3 is 0 Å². The van der Waals surface area contributed by atoms with Crippen LogP contribution in [0.25, 0.3) is 0 Å². The second kappa shape index (κ2) is 12.7. The lowest BCUT2D eigenvalue weighted by Gasteiger charge is -2.12. The maximum absolute atomic E-state index is 5.32. The van der Waals surface area contributed by atoms with Crippen LogP contribution in [0.4, 0.5) is 5.13 Å². The second-order valence-corrected chi connectivity index (χ2v) is 6.38. The molecule has 1 saturated heterocycles. The van der Waals surface area contributed by atoms with Crippen molar-refractivity contribution in [2.75, 3.05) is 51.3 Å². The van der Waals surface area contributed by atoms with E-state index in [2.05, 4.69) is 25.9 Å². The molecule has 6 nitrogen and oxygen atoms in total. The van der Waals surface area contributed by atoms with Crippen LogP contribution in [-0.4, -0.2) is 57.4 Å². The smallest absolute Gasteiger partial charge is 0.190 e. The molecule has 8 heteroatoms. The maximum Gasteiger partial charge on any atom is 0.190 e. The monoisotopic (exact) mass is 467 g/mol. The van der Waals surface area contributed by atoms with Crippen molar-refractivity contribution in [1.82, 2.24) is 15.6 Å². The van der Waals surface area contributed by atoms with Crippen LogP contribution in [0.1, 0.15) is 31.9 Å². The van der Waals surface area contributed by atoms with Crippen LogP contribution in [0.15, 0.2) is 10.4 Å². The molecule has 1 aliphatic rings. The van der Waals surface area contributed by atoms with E-state index in [0.717, 1.165) is 63.9 Å². The summed E-state index contributed by atoms with van der Waals surface area (Å²) >= 11 is 1.76. The Bertz CT molecular complexity index is 477. The molecule has 0 atom stereocenters. The van der Waals surface area contributed by atoms with Crippen LogP contribution in [-0.2, 0) is 11.2 Å². The van der Waals surface area contributed by atoms with Gasteiger partial charge in [-0.25, -0.2) is 4.98 Å². The van der Waals surface area contributed by atoms with E-state index in [1.807, 2.05) is 6.92 Å². The Balaban J connectivity index is 0.00000288. The quantitative estimate of drug-likeness (QED) is 0.253. The molecule has 0 spiro atoms. The van der Waals surface area contributed by atoms with E-state index in [1.54, 1.807) is 18.4 Å². The van der Waals surface area contributed by atoms with Crippen LogP contribution in [0.2, 0.25) is 0 Å². The molecule has 0 radical (unpaired) electrons. The largest absolute Gasteiger partial charge is 0.382 e. The number of halogens is 1. The molecule has 138 valence electrons. The molecule has 0 aliphatic carbocycles. The highest BCUT2D eigenvalue weighted by atomic mass is 127. The van der Waals surface area contributed by atoms with Gasteiger partial charge in [0.05, 0.1) is 5.69 Å². The van der Waals surface area contributed by atoms with Gasteiger partial charge in [-0.15, -0.1) is 35.3 Å². The third kappa shape index (κ3) is 7.52. The first kappa shape index (κ1) is 21.4. The molecule has 2 heterocycles. The molecule has 0 aromatic carbocycles. The van der Waals surface area contributed by atoms with E-state index in [-0.39, 0.29) is 24.0 Å². The minimum atomic E-state index is 0. The number of rotatable bonds is 9. The third-order valence-corrected chi connectivity index (χ3v) is 4.73. The average molecular weight is 467 g/mol. The van der Waals surface area contributed by atoms with Gasteiger partial charge in [-0.05, 0) is 26.2 Å². The van der Waals surface area contributed by atoms with Crippen LogP contribution < -0.4 is 15.5 Å². The normalized spacial score (nSPS) is 14.6. The van der Waals surface area contributed by atoms with E-state index >= 15 is 0 Å². The number of ether oxygens (including phenoxy) is 1. The molecule has 0 saturated carbocycles. The summed E-state index contributed by atoms with van der Waals surface area (Å²) in [5.74, 6) is 0.844. The highest BCUT2D eigenvalue weighted by Crippen LogP contribution is 2.24. The molecule has 1 fully saturated rings. The maximum atomic E-state index is 5.32. The Morgan fingerprint density at radius 2 is 2.08 bits per heavy atom. The van der Waals surface area contributed by atoms with Crippen molar-refractivity contribution in [1.29, 1.82) is 0 Å². The third-order valence-electron chi connectivity index (χ3n) is 3.78. The zero-order valence-corrected chi connectivity index (χ0v) is 17.9. The topological polar surface area (TPSA) is 61.8 Å². The molecule has 2 N–H and O–H groups in total. The Kier molecular flexibility index (Phi) is 11.4. The zero-order chi connectivity index (χ0) is 16.3. The molecule has 2 rings (SSSR count). The summed E-state index contributed by atoms with van der Waals surface area (Å²) in [6, 6.07) is 0. The van der Waals surface area contributed by atoms with Crippen molar-refractivity contribution >= 4 is 46.4 Å². The first-order valence-electron chi connectivity index (χ1n) is 8.55. The van der Waals surface area contributed by atoms with Crippen molar-refractivity contribution < 1.29 is 4.74 Å². The summed E-state index contributed by atoms with van der Waals surface area (Å²) in [6.07, 6.45) is 4.49. The first-order chi connectivity index (χ1) is 11.3. The lowest BCUT2D eigenvalue weighted by Crippen LogP contribution is -2.39. The average Bonchev–Trinajstić information content (AvgIpc) is 3.24. The molecule has 1 aromatic heterocycles. The Labute approximate surface area is 166 Å². The number of guanidine groups is 1. The van der Waals surface area contributed by atoms with Gasteiger partial charge in [0.25, 0.3) is 0 Å². The van der Waals surface area contributed by atoms with Crippen LogP contribution in [0.5, 0.6) is 0 Å². The van der Waals surface area contributed by atoms with E-state index in [1.165, 1.54) is 18.0 Å². The fraction of sp³-hybridized carbons (Fsp3) is 0.750. The first-order valence-corrected chi connectivity index (χ1v) is 9.43. The van der Waals surface area contributed by atoms with Gasteiger partial charge in [0.2, 0.25) is 0 Å². The molecule has 0 amide bonds. The number of aliphatic imine (C=N–C) groups is 1. The SMILES string of the molecule is CCOCCCNC(=NC)NCCc1csc(N2CCCC2)n1.I. The minimum absolute atomic E-state index is 0. The van der Waals surface area contributed by atoms with Gasteiger partial charge in [0, 0.05) is 58.2 Å². The van der Waals surface area contributed by atoms with Gasteiger partial charge in [0.15, 0.2) is 11.1 Å². The number of nitrogens with one attached hydrogen (secondary N) is 2. The molecular weight excluding hydrogens is 437 g/mol. The summed E-state index contributed by atoms with van der Waals surface area (Å²) in [6.45, 7) is 7.61. The summed E-state index contributed by atoms with van der Waals surface area (Å²) < 4.78 is 5.32. The Hall–Kier alpha value is -0.610. The van der Waals surface area contributed by atoms with Crippen molar-refractivity contribution in [3.05, 3.63) is 11.1 Å². The predicted molar refractivity (Wildman–Crippen MR) is 113 cm³/mol. The lowest BCUT2D eigenvalue weighted by atomic mass is 10.3. The molecule has 0 bridgehead atoms. The van der Waals surface area contributed by atoms with Crippen molar-refractivity contribution in [3.63, 3.8) is 0 Å². The molecule has 24 heavy (non-hydrogen) atoms. The summed E-state index contributed by atoms with van der Waals surface area (Å²) in [5, 5.41) is 9.99. The fourth-order valence-corrected chi connectivity index (χ4v) is 3.43. The van der Waals surface area contributed by atoms with Gasteiger partial charge in [0.1, 0.15) is 0 Å². The predicted octanol–water partition coefficient (Wildman–Crippen LogP) is 2.50. The van der Waals surface area contributed by atoms with Gasteiger partial charge in [-0.2, -0.15) is 0 Å². The van der Waals surface area contributed by atoms with Crippen LogP contribution >= 0.6 is 35.3 Å². The number of hydrogen-bond acceptors (Lipinski definition) is 5. The zero-order valence-electron chi connectivity index (χ0n) is 14.7. The molecular formula is C16H30IN5OS. The van der Waals surface area contributed by atoms with E-state index < -0.39 is 0 Å². The molecule has 1 aliphatic heterocycles. The standard InChI is InChI=1S/C16H29N5OS.HI/c1-3-22-12-6-8-18-15(17-2)19-9-7-14-13-23-16(20-14)21-10-4-5-11-21;/h13H,3-12H2,1-2H3,(H2,17,18,19);1H. The van der Waals surface area contributed by atoms with Gasteiger partial charge in [-0.1, -0.05) is 0 Å². The fourth-order valence-electron chi connectivity index (χ4n) is 2.52. The van der Waals surface area contributed by atoms with Crippen molar-refractivity contribution in [2.24, 2.45) is 4.99 Å². The minimum Gasteiger partial charge on any atom is -0.382 e. The number of hydrogen-bond donors (Lipinski definition) is 2. The molecule has 0 unspecified atom stereocenters. The highest BCUT2D eigenvalue weighted by Gasteiger charge is 2.15. The van der Waals surface area contributed by atoms with Crippen molar-refractivity contribution in [2.45, 2.75) is 32.6 Å². The van der Waals surface area contributed by atoms with E-state index in [9.17, 15) is 0 Å². The van der Waals surface area contributed by atoms with E-state index in [0.29, 0.717) is 0 Å². The summed E-state index contributed by atoms with van der Waals surface area (Å²) in [5.41, 5.74) is 1.16. The van der Waals surface area contributed by atoms with Gasteiger partial charge < -0.3 is 20.3 Å². The van der Waals surface area contributed by atoms with Crippen molar-refractivity contribution in [3.8, 4) is 0 Å². The number of nitrogens with zero attached hydrogens (tertiary/aromatic N) is 3. The lowest BCUT2D eigenvalue weighted by molar-refractivity contribution is 0.145. The van der Waals surface area contributed by atoms with Crippen LogP contribution in [0, 0.1) is 0 Å². The number of thiazole rings is 1. The summed E-state index contributed by atoms with van der Waals surface area (Å²) in [7, 11) is 1.80. The van der Waals surface area contributed by atoms with Gasteiger partial charge in [-0.3, -0.25) is 4.99 Å². The highest BCUT2D eigenvalue weighted by molar-refractivity contribution is 14.0. The Morgan fingerprint density at radius 3 is 2.79 bits per heavy atom. The Morgan fingerprint density at radius 1 is 1.33 bits per heavy atom. The number of aromatic nitrogens is 1. The van der Waals surface area contributed by atoms with E-state index in [4.69, 9.17) is 9.72 Å².